The van der Waals surface area contributed by atoms with E-state index in [9.17, 15) is 9.59 Å². The van der Waals surface area contributed by atoms with Gasteiger partial charge < -0.3 is 0 Å². The van der Waals surface area contributed by atoms with E-state index in [1.165, 1.54) is 0 Å². The number of benzene rings is 1. The quantitative estimate of drug-likeness (QED) is 0.771. The molecule has 3 rings (SSSR count). The third-order valence-corrected chi connectivity index (χ3v) is 3.53. The summed E-state index contributed by atoms with van der Waals surface area (Å²) < 4.78 is 0. The number of carbonyl (C=O) groups excluding carboxylic acids is 2. The van der Waals surface area contributed by atoms with Crippen LogP contribution in [0, 0.1) is 0 Å². The molecule has 0 saturated carbocycles. The maximum Gasteiger partial charge on any atom is 0.180 e. The Morgan fingerprint density at radius 1 is 1.00 bits per heavy atom. The molecule has 1 aromatic heterocycles. The lowest BCUT2D eigenvalue weighted by atomic mass is 9.98. The van der Waals surface area contributed by atoms with Crippen LogP contribution in [0.3, 0.4) is 0 Å². The summed E-state index contributed by atoms with van der Waals surface area (Å²) in [7, 11) is 0. The Morgan fingerprint density at radius 2 is 1.63 bits per heavy atom. The van der Waals surface area contributed by atoms with Gasteiger partial charge in [0.05, 0.1) is 5.69 Å². The third kappa shape index (κ3) is 1.78. The number of rotatable bonds is 2. The molecule has 0 unspecified atom stereocenters. The highest BCUT2D eigenvalue weighted by Crippen LogP contribution is 2.32. The highest BCUT2D eigenvalue weighted by molar-refractivity contribution is 6.29. The fraction of sp³-hybridized carbons (Fsp3) is 0.188. The number of pyridine rings is 1. The average Bonchev–Trinajstić information content (AvgIpc) is 2.72. The molecule has 0 N–H and O–H groups in total. The van der Waals surface area contributed by atoms with Crippen molar-refractivity contribution in [1.29, 1.82) is 0 Å². The van der Waals surface area contributed by atoms with Crippen molar-refractivity contribution < 1.29 is 9.59 Å². The molecule has 0 fully saturated rings. The minimum atomic E-state index is -0.761. The Kier molecular flexibility index (Phi) is 2.75. The lowest BCUT2D eigenvalue weighted by Crippen LogP contribution is -2.14. The third-order valence-electron chi connectivity index (χ3n) is 3.53. The molecule has 0 saturated heterocycles. The van der Waals surface area contributed by atoms with E-state index in [1.54, 1.807) is 36.5 Å². The van der Waals surface area contributed by atoms with Crippen LogP contribution in [-0.2, 0) is 6.42 Å². The largest absolute Gasteiger partial charge is 0.293 e. The van der Waals surface area contributed by atoms with Crippen molar-refractivity contribution in [2.24, 2.45) is 0 Å². The first-order valence-electron chi connectivity index (χ1n) is 6.34. The van der Waals surface area contributed by atoms with Gasteiger partial charge >= 0.3 is 0 Å². The van der Waals surface area contributed by atoms with Crippen LogP contribution in [0.4, 0.5) is 0 Å². The van der Waals surface area contributed by atoms with E-state index in [4.69, 9.17) is 0 Å². The van der Waals surface area contributed by atoms with E-state index in [0.29, 0.717) is 16.8 Å². The molecular weight excluding hydrogens is 238 g/mol. The van der Waals surface area contributed by atoms with Gasteiger partial charge in [-0.25, -0.2) is 0 Å². The predicted molar refractivity (Wildman–Crippen MR) is 71.5 cm³/mol. The van der Waals surface area contributed by atoms with Crippen molar-refractivity contribution in [3.8, 4) is 0 Å². The molecule has 1 aliphatic carbocycles. The molecule has 0 bridgehead atoms. The summed E-state index contributed by atoms with van der Waals surface area (Å²) in [5.74, 6) is -1.04. The van der Waals surface area contributed by atoms with Gasteiger partial charge in [-0.1, -0.05) is 37.3 Å². The number of Topliss-reactive ketones (excluding diaryl/α,β-unsaturated/α-hetero) is 2. The molecule has 0 spiro atoms. The summed E-state index contributed by atoms with van der Waals surface area (Å²) in [6.45, 7) is 2.04. The van der Waals surface area contributed by atoms with Gasteiger partial charge in [0.1, 0.15) is 5.92 Å². The van der Waals surface area contributed by atoms with Gasteiger partial charge in [-0.15, -0.1) is 0 Å². The Labute approximate surface area is 111 Å². The zero-order chi connectivity index (χ0) is 13.4. The molecule has 1 aliphatic rings. The summed E-state index contributed by atoms with van der Waals surface area (Å²) in [5.41, 5.74) is 2.67. The van der Waals surface area contributed by atoms with Crippen molar-refractivity contribution in [1.82, 2.24) is 4.98 Å². The zero-order valence-electron chi connectivity index (χ0n) is 10.6. The fourth-order valence-corrected chi connectivity index (χ4v) is 2.43. The van der Waals surface area contributed by atoms with Crippen molar-refractivity contribution in [2.45, 2.75) is 19.3 Å². The number of ketones is 2. The summed E-state index contributed by atoms with van der Waals surface area (Å²) in [4.78, 5) is 28.9. The monoisotopic (exact) mass is 251 g/mol. The van der Waals surface area contributed by atoms with Crippen molar-refractivity contribution in [2.75, 3.05) is 0 Å². The zero-order valence-corrected chi connectivity index (χ0v) is 10.6. The highest BCUT2D eigenvalue weighted by Gasteiger charge is 2.39. The predicted octanol–water partition coefficient (Wildman–Crippen LogP) is 2.81. The number of aryl methyl sites for hydroxylation is 1. The standard InChI is InChI=1S/C16H13NO2/c1-2-10-7-8-13(17-9-10)14-15(18)11-5-3-4-6-12(11)16(14)19/h3-9,14H,2H2,1H3. The minimum Gasteiger partial charge on any atom is -0.293 e. The fourth-order valence-electron chi connectivity index (χ4n) is 2.43. The smallest absolute Gasteiger partial charge is 0.180 e. The Morgan fingerprint density at radius 3 is 2.11 bits per heavy atom. The summed E-state index contributed by atoms with van der Waals surface area (Å²) >= 11 is 0. The maximum absolute atomic E-state index is 12.3. The van der Waals surface area contributed by atoms with E-state index in [2.05, 4.69) is 4.98 Å². The molecule has 3 nitrogen and oxygen atoms in total. The second-order valence-corrected chi connectivity index (χ2v) is 4.65. The van der Waals surface area contributed by atoms with Crippen molar-refractivity contribution in [3.63, 3.8) is 0 Å². The lowest BCUT2D eigenvalue weighted by molar-refractivity contribution is 0.0888. The second-order valence-electron chi connectivity index (χ2n) is 4.65. The van der Waals surface area contributed by atoms with E-state index >= 15 is 0 Å². The maximum atomic E-state index is 12.3. The van der Waals surface area contributed by atoms with E-state index in [1.807, 2.05) is 13.0 Å². The molecule has 2 aromatic rings. The summed E-state index contributed by atoms with van der Waals surface area (Å²) in [6.07, 6.45) is 2.62. The molecule has 0 radical (unpaired) electrons. The molecule has 1 aromatic carbocycles. The SMILES string of the molecule is CCc1ccc(C2C(=O)c3ccccc3C2=O)nc1. The van der Waals surface area contributed by atoms with Gasteiger partial charge in [0.2, 0.25) is 0 Å². The first kappa shape index (κ1) is 11.8. The Balaban J connectivity index is 2.03. The Bertz CT molecular complexity index is 624. The molecule has 1 heterocycles. The van der Waals surface area contributed by atoms with Crippen molar-refractivity contribution in [3.05, 3.63) is 65.0 Å². The van der Waals surface area contributed by atoms with Gasteiger partial charge in [0.25, 0.3) is 0 Å². The van der Waals surface area contributed by atoms with Gasteiger partial charge in [0, 0.05) is 17.3 Å². The molecular formula is C16H13NO2. The van der Waals surface area contributed by atoms with E-state index in [-0.39, 0.29) is 11.6 Å². The highest BCUT2D eigenvalue weighted by atomic mass is 16.2. The van der Waals surface area contributed by atoms with Crippen LogP contribution in [0.15, 0.2) is 42.6 Å². The Hall–Kier alpha value is -2.29. The van der Waals surface area contributed by atoms with Crippen LogP contribution < -0.4 is 0 Å². The molecule has 0 amide bonds. The van der Waals surface area contributed by atoms with Crippen LogP contribution in [-0.4, -0.2) is 16.6 Å². The molecule has 94 valence electrons. The van der Waals surface area contributed by atoms with Gasteiger partial charge in [-0.3, -0.25) is 14.6 Å². The first-order chi connectivity index (χ1) is 9.22. The normalized spacial score (nSPS) is 14.8. The van der Waals surface area contributed by atoms with Crippen LogP contribution >= 0.6 is 0 Å². The molecule has 3 heteroatoms. The number of aromatic nitrogens is 1. The number of hydrogen-bond acceptors (Lipinski definition) is 3. The van der Waals surface area contributed by atoms with Crippen LogP contribution in [0.2, 0.25) is 0 Å². The van der Waals surface area contributed by atoms with Gasteiger partial charge in [0.15, 0.2) is 11.6 Å². The van der Waals surface area contributed by atoms with E-state index in [0.717, 1.165) is 12.0 Å². The first-order valence-corrected chi connectivity index (χ1v) is 6.34. The van der Waals surface area contributed by atoms with Crippen molar-refractivity contribution >= 4 is 11.6 Å². The topological polar surface area (TPSA) is 47.0 Å². The van der Waals surface area contributed by atoms with E-state index < -0.39 is 5.92 Å². The molecule has 0 atom stereocenters. The summed E-state index contributed by atoms with van der Waals surface area (Å²) in [6, 6.07) is 10.7. The lowest BCUT2D eigenvalue weighted by Gasteiger charge is -2.06. The number of nitrogens with zero attached hydrogens (tertiary/aromatic N) is 1. The average molecular weight is 251 g/mol. The number of hydrogen-bond donors (Lipinski definition) is 0. The van der Waals surface area contributed by atoms with Crippen LogP contribution in [0.5, 0.6) is 0 Å². The number of carbonyl (C=O) groups is 2. The van der Waals surface area contributed by atoms with Gasteiger partial charge in [-0.2, -0.15) is 0 Å². The summed E-state index contributed by atoms with van der Waals surface area (Å²) in [5, 5.41) is 0. The molecule has 19 heavy (non-hydrogen) atoms. The second kappa shape index (κ2) is 4.43. The molecule has 0 aliphatic heterocycles. The minimum absolute atomic E-state index is 0.141. The van der Waals surface area contributed by atoms with Gasteiger partial charge in [-0.05, 0) is 18.1 Å². The number of fused-ring (bicyclic) bond motifs is 1. The van der Waals surface area contributed by atoms with Crippen LogP contribution in [0.25, 0.3) is 0 Å². The van der Waals surface area contributed by atoms with Crippen LogP contribution in [0.1, 0.15) is 44.8 Å².